The fourth-order valence-corrected chi connectivity index (χ4v) is 7.46. The highest BCUT2D eigenvalue weighted by molar-refractivity contribution is 5.95. The summed E-state index contributed by atoms with van der Waals surface area (Å²) in [6.45, 7) is 5.18. The van der Waals surface area contributed by atoms with Gasteiger partial charge in [0.2, 0.25) is 23.6 Å². The van der Waals surface area contributed by atoms with Crippen LogP contribution in [0.1, 0.15) is 63.5 Å². The number of unbranched alkanes of at least 4 members (excludes halogenated alkanes) is 1. The number of amides is 4. The number of nitrogens with zero attached hydrogens (tertiary/aromatic N) is 1. The molecule has 0 radical (unpaired) electrons. The van der Waals surface area contributed by atoms with Gasteiger partial charge < -0.3 is 42.7 Å². The molecule has 2 aliphatic rings. The second kappa shape index (κ2) is 20.1. The fourth-order valence-electron chi connectivity index (χ4n) is 7.46. The molecule has 4 amide bonds. The first-order valence-electron chi connectivity index (χ1n) is 18.6. The molecule has 1 saturated heterocycles. The molecule has 284 valence electrons. The standard InChI is InChI=1S/C39H57N7O6/c1-25(2)19-32(45-38(51)33(21-27-13-7-4-8-14-27)44-36(49)30(41)20-26-11-5-3-6-12-26)37(50)43-31(15-9-10-18-40)39(52)46-23-28-16-17-29(24-46)35(28)42-22-34(47)48/h3-8,11-14,25,28-33,35,42H,9-10,15-24,40-41H2,1-2H3,(H,43,50)(H,44,49)(H,45,51)(H,47,48). The Bertz CT molecular complexity index is 1460. The average Bonchev–Trinajstić information content (AvgIpc) is 3.35. The van der Waals surface area contributed by atoms with E-state index in [9.17, 15) is 29.1 Å². The van der Waals surface area contributed by atoms with Crippen LogP contribution in [-0.4, -0.2) is 96.0 Å². The summed E-state index contributed by atoms with van der Waals surface area (Å²) >= 11 is 0. The van der Waals surface area contributed by atoms with Crippen LogP contribution in [0, 0.1) is 17.8 Å². The number of nitrogens with one attached hydrogen (secondary N) is 4. The third-order valence-electron chi connectivity index (χ3n) is 10.1. The average molecular weight is 720 g/mol. The molecule has 13 heteroatoms. The Morgan fingerprint density at radius 2 is 1.31 bits per heavy atom. The van der Waals surface area contributed by atoms with E-state index in [1.807, 2.05) is 74.5 Å². The van der Waals surface area contributed by atoms with E-state index < -0.39 is 47.9 Å². The molecule has 9 N–H and O–H groups in total. The number of carbonyl (C=O) groups excluding carboxylic acids is 4. The predicted octanol–water partition coefficient (Wildman–Crippen LogP) is 1.34. The summed E-state index contributed by atoms with van der Waals surface area (Å²) in [7, 11) is 0. The number of carbonyl (C=O) groups is 5. The van der Waals surface area contributed by atoms with Crippen LogP contribution in [0.2, 0.25) is 0 Å². The Hall–Kier alpha value is -4.33. The van der Waals surface area contributed by atoms with Crippen LogP contribution in [0.25, 0.3) is 0 Å². The van der Waals surface area contributed by atoms with Gasteiger partial charge in [-0.1, -0.05) is 74.5 Å². The quantitative estimate of drug-likeness (QED) is 0.0984. The lowest BCUT2D eigenvalue weighted by Crippen LogP contribution is -2.60. The molecule has 52 heavy (non-hydrogen) atoms. The van der Waals surface area contributed by atoms with E-state index in [2.05, 4.69) is 21.3 Å². The minimum atomic E-state index is -1.01. The second-order valence-corrected chi connectivity index (χ2v) is 14.7. The van der Waals surface area contributed by atoms with Crippen molar-refractivity contribution in [3.8, 4) is 0 Å². The third-order valence-corrected chi connectivity index (χ3v) is 10.1. The molecule has 2 fully saturated rings. The summed E-state index contributed by atoms with van der Waals surface area (Å²) < 4.78 is 0. The maximum atomic E-state index is 14.0. The molecule has 2 aromatic rings. The van der Waals surface area contributed by atoms with Crippen molar-refractivity contribution >= 4 is 29.6 Å². The lowest BCUT2D eigenvalue weighted by molar-refractivity contribution is -0.140. The molecule has 6 atom stereocenters. The van der Waals surface area contributed by atoms with Gasteiger partial charge in [0.25, 0.3) is 0 Å². The predicted molar refractivity (Wildman–Crippen MR) is 199 cm³/mol. The van der Waals surface area contributed by atoms with Gasteiger partial charge in [-0.05, 0) is 80.4 Å². The van der Waals surface area contributed by atoms with Gasteiger partial charge in [0.05, 0.1) is 12.6 Å². The SMILES string of the molecule is CC(C)CC(NC(=O)C(Cc1ccccc1)NC(=O)C(N)Cc1ccccc1)C(=O)NC(CCCCN)C(=O)N1CC2CCC(C1)C2NCC(=O)O. The number of aliphatic carboxylic acids is 1. The van der Waals surface area contributed by atoms with E-state index in [1.54, 1.807) is 4.90 Å². The van der Waals surface area contributed by atoms with Crippen molar-refractivity contribution in [2.24, 2.45) is 29.2 Å². The van der Waals surface area contributed by atoms with Crippen molar-refractivity contribution in [1.29, 1.82) is 0 Å². The number of piperidine rings is 1. The molecule has 4 rings (SSSR count). The first kappa shape index (κ1) is 40.4. The number of likely N-dealkylation sites (tertiary alicyclic amines) is 1. The molecule has 2 aromatic carbocycles. The highest BCUT2D eigenvalue weighted by atomic mass is 16.4. The molecule has 1 heterocycles. The monoisotopic (exact) mass is 719 g/mol. The Morgan fingerprint density at radius 1 is 0.769 bits per heavy atom. The highest BCUT2D eigenvalue weighted by Crippen LogP contribution is 2.37. The normalized spacial score (nSPS) is 20.4. The van der Waals surface area contributed by atoms with Crippen LogP contribution >= 0.6 is 0 Å². The number of carboxylic acids is 1. The van der Waals surface area contributed by atoms with Crippen LogP contribution in [0.3, 0.4) is 0 Å². The van der Waals surface area contributed by atoms with Crippen LogP contribution in [-0.2, 0) is 36.8 Å². The molecule has 0 spiro atoms. The first-order chi connectivity index (χ1) is 24.9. The number of hydrogen-bond donors (Lipinski definition) is 7. The van der Waals surface area contributed by atoms with Gasteiger partial charge in [-0.2, -0.15) is 0 Å². The summed E-state index contributed by atoms with van der Waals surface area (Å²) in [4.78, 5) is 68.3. The fraction of sp³-hybridized carbons (Fsp3) is 0.564. The maximum Gasteiger partial charge on any atom is 0.317 e. The first-order valence-corrected chi connectivity index (χ1v) is 18.6. The van der Waals surface area contributed by atoms with E-state index in [0.29, 0.717) is 51.7 Å². The zero-order valence-electron chi connectivity index (χ0n) is 30.5. The topological polar surface area (TPSA) is 209 Å². The number of rotatable bonds is 20. The molecule has 2 bridgehead atoms. The van der Waals surface area contributed by atoms with Crippen LogP contribution in [0.15, 0.2) is 60.7 Å². The molecule has 0 aromatic heterocycles. The van der Waals surface area contributed by atoms with Crippen LogP contribution < -0.4 is 32.7 Å². The Labute approximate surface area is 307 Å². The van der Waals surface area contributed by atoms with E-state index in [1.165, 1.54) is 0 Å². The molecule has 13 nitrogen and oxygen atoms in total. The van der Waals surface area contributed by atoms with E-state index in [-0.39, 0.29) is 42.7 Å². The summed E-state index contributed by atoms with van der Waals surface area (Å²) in [6.07, 6.45) is 4.30. The smallest absolute Gasteiger partial charge is 0.317 e. The molecular weight excluding hydrogens is 662 g/mol. The van der Waals surface area contributed by atoms with Gasteiger partial charge in [-0.3, -0.25) is 24.0 Å². The lowest BCUT2D eigenvalue weighted by atomic mass is 9.91. The van der Waals surface area contributed by atoms with Crippen LogP contribution in [0.4, 0.5) is 0 Å². The lowest BCUT2D eigenvalue weighted by Gasteiger charge is -2.40. The second-order valence-electron chi connectivity index (χ2n) is 14.7. The number of hydrogen-bond acceptors (Lipinski definition) is 8. The Kier molecular flexibility index (Phi) is 15.6. The van der Waals surface area contributed by atoms with Gasteiger partial charge >= 0.3 is 5.97 Å². The summed E-state index contributed by atoms with van der Waals surface area (Å²) in [5, 5.41) is 21.0. The van der Waals surface area contributed by atoms with Crippen molar-refractivity contribution in [2.45, 2.75) is 95.4 Å². The van der Waals surface area contributed by atoms with Gasteiger partial charge in [0.1, 0.15) is 18.1 Å². The van der Waals surface area contributed by atoms with Gasteiger partial charge in [-0.25, -0.2) is 0 Å². The third kappa shape index (κ3) is 12.1. The molecule has 6 unspecified atom stereocenters. The number of fused-ring (bicyclic) bond motifs is 2. The Morgan fingerprint density at radius 3 is 1.87 bits per heavy atom. The molecule has 1 saturated carbocycles. The summed E-state index contributed by atoms with van der Waals surface area (Å²) in [5.41, 5.74) is 13.8. The number of carboxylic acid groups (broad SMARTS) is 1. The van der Waals surface area contributed by atoms with Crippen molar-refractivity contribution in [3.63, 3.8) is 0 Å². The molecular formula is C39H57N7O6. The van der Waals surface area contributed by atoms with E-state index in [4.69, 9.17) is 11.5 Å². The van der Waals surface area contributed by atoms with Gasteiger partial charge in [0.15, 0.2) is 0 Å². The van der Waals surface area contributed by atoms with Gasteiger partial charge in [-0.15, -0.1) is 0 Å². The summed E-state index contributed by atoms with van der Waals surface area (Å²) in [5.74, 6) is -2.29. The minimum absolute atomic E-state index is 0.0249. The molecule has 1 aliphatic carbocycles. The van der Waals surface area contributed by atoms with E-state index in [0.717, 1.165) is 24.0 Å². The number of benzene rings is 2. The minimum Gasteiger partial charge on any atom is -0.480 e. The van der Waals surface area contributed by atoms with Gasteiger partial charge in [0, 0.05) is 25.6 Å². The molecule has 1 aliphatic heterocycles. The van der Waals surface area contributed by atoms with Crippen molar-refractivity contribution in [3.05, 3.63) is 71.8 Å². The van der Waals surface area contributed by atoms with Crippen molar-refractivity contribution in [1.82, 2.24) is 26.2 Å². The number of nitrogens with two attached hydrogens (primary N) is 2. The van der Waals surface area contributed by atoms with Crippen molar-refractivity contribution in [2.75, 3.05) is 26.2 Å². The van der Waals surface area contributed by atoms with E-state index >= 15 is 0 Å². The largest absolute Gasteiger partial charge is 0.480 e. The zero-order valence-corrected chi connectivity index (χ0v) is 30.5. The summed E-state index contributed by atoms with van der Waals surface area (Å²) in [6, 6.07) is 15.0. The maximum absolute atomic E-state index is 14.0. The van der Waals surface area contributed by atoms with Crippen molar-refractivity contribution < 1.29 is 29.1 Å². The van der Waals surface area contributed by atoms with Crippen LogP contribution in [0.5, 0.6) is 0 Å². The zero-order chi connectivity index (χ0) is 37.6. The Balaban J connectivity index is 1.47. The highest BCUT2D eigenvalue weighted by Gasteiger charge is 2.44.